The maximum absolute atomic E-state index is 5.73. The summed E-state index contributed by atoms with van der Waals surface area (Å²) in [6.07, 6.45) is 8.12. The first-order chi connectivity index (χ1) is 8.28. The van der Waals surface area contributed by atoms with Gasteiger partial charge in [0.1, 0.15) is 0 Å². The quantitative estimate of drug-likeness (QED) is 0.840. The molecule has 0 amide bonds. The highest BCUT2D eigenvalue weighted by atomic mass is 14.5. The van der Waals surface area contributed by atoms with Crippen LogP contribution in [0.2, 0.25) is 0 Å². The third-order valence-corrected chi connectivity index (χ3v) is 4.26. The number of hydrogen-bond acceptors (Lipinski definition) is 1. The zero-order chi connectivity index (χ0) is 12.1. The molecule has 0 aliphatic heterocycles. The molecule has 94 valence electrons. The van der Waals surface area contributed by atoms with E-state index in [1.165, 1.54) is 49.7 Å². The molecular formula is C16H25N. The van der Waals surface area contributed by atoms with Crippen LogP contribution in [-0.2, 0) is 6.42 Å². The van der Waals surface area contributed by atoms with Crippen molar-refractivity contribution in [2.75, 3.05) is 6.54 Å². The fourth-order valence-corrected chi connectivity index (χ4v) is 2.88. The van der Waals surface area contributed by atoms with Gasteiger partial charge >= 0.3 is 0 Å². The molecular weight excluding hydrogens is 206 g/mol. The van der Waals surface area contributed by atoms with Gasteiger partial charge in [-0.3, -0.25) is 0 Å². The van der Waals surface area contributed by atoms with Crippen molar-refractivity contribution in [3.63, 3.8) is 0 Å². The van der Waals surface area contributed by atoms with E-state index in [-0.39, 0.29) is 0 Å². The fourth-order valence-electron chi connectivity index (χ4n) is 2.88. The van der Waals surface area contributed by atoms with Crippen LogP contribution in [0.1, 0.15) is 43.2 Å². The van der Waals surface area contributed by atoms with E-state index in [1.54, 1.807) is 0 Å². The molecule has 1 aromatic carbocycles. The van der Waals surface area contributed by atoms with E-state index in [1.807, 2.05) is 0 Å². The van der Waals surface area contributed by atoms with E-state index in [0.29, 0.717) is 0 Å². The number of nitrogens with two attached hydrogens (primary N) is 1. The lowest BCUT2D eigenvalue weighted by molar-refractivity contribution is 0.268. The Hall–Kier alpha value is -0.820. The van der Waals surface area contributed by atoms with Gasteiger partial charge < -0.3 is 5.73 Å². The van der Waals surface area contributed by atoms with Crippen molar-refractivity contribution in [2.24, 2.45) is 17.6 Å². The SMILES string of the molecule is Cc1ccc(CCC2CCC(CN)CC2)cc1. The highest BCUT2D eigenvalue weighted by Gasteiger charge is 2.19. The molecule has 0 atom stereocenters. The van der Waals surface area contributed by atoms with Crippen molar-refractivity contribution >= 4 is 0 Å². The lowest BCUT2D eigenvalue weighted by Gasteiger charge is -2.27. The minimum Gasteiger partial charge on any atom is -0.330 e. The maximum Gasteiger partial charge on any atom is -0.00489 e. The summed E-state index contributed by atoms with van der Waals surface area (Å²) in [6, 6.07) is 9.00. The Balaban J connectivity index is 1.74. The monoisotopic (exact) mass is 231 g/mol. The molecule has 1 nitrogen and oxygen atoms in total. The Labute approximate surface area is 105 Å². The Morgan fingerprint density at radius 2 is 1.59 bits per heavy atom. The summed E-state index contributed by atoms with van der Waals surface area (Å²) in [5, 5.41) is 0. The van der Waals surface area contributed by atoms with Gasteiger partial charge in [-0.05, 0) is 56.6 Å². The Kier molecular flexibility index (Phi) is 4.61. The largest absolute Gasteiger partial charge is 0.330 e. The topological polar surface area (TPSA) is 26.0 Å². The molecule has 0 unspecified atom stereocenters. The molecule has 1 aliphatic carbocycles. The Morgan fingerprint density at radius 3 is 2.18 bits per heavy atom. The van der Waals surface area contributed by atoms with Crippen molar-refractivity contribution in [1.82, 2.24) is 0 Å². The van der Waals surface area contributed by atoms with Crippen LogP contribution in [0.25, 0.3) is 0 Å². The summed E-state index contributed by atoms with van der Waals surface area (Å²) >= 11 is 0. The summed E-state index contributed by atoms with van der Waals surface area (Å²) < 4.78 is 0. The number of rotatable bonds is 4. The standard InChI is InChI=1S/C16H25N/c1-13-2-4-14(5-3-13)6-7-15-8-10-16(12-17)11-9-15/h2-5,15-16H,6-12,17H2,1H3. The van der Waals surface area contributed by atoms with Crippen molar-refractivity contribution in [3.05, 3.63) is 35.4 Å². The summed E-state index contributed by atoms with van der Waals surface area (Å²) in [7, 11) is 0. The average Bonchev–Trinajstić information content (AvgIpc) is 2.39. The van der Waals surface area contributed by atoms with Crippen LogP contribution in [0.5, 0.6) is 0 Å². The normalized spacial score (nSPS) is 24.8. The molecule has 0 aromatic heterocycles. The molecule has 0 radical (unpaired) electrons. The van der Waals surface area contributed by atoms with Crippen LogP contribution in [0, 0.1) is 18.8 Å². The van der Waals surface area contributed by atoms with E-state index < -0.39 is 0 Å². The molecule has 0 heterocycles. The van der Waals surface area contributed by atoms with E-state index in [4.69, 9.17) is 5.73 Å². The molecule has 2 N–H and O–H groups in total. The third kappa shape index (κ3) is 3.85. The first-order valence-electron chi connectivity index (χ1n) is 7.03. The van der Waals surface area contributed by atoms with Crippen LogP contribution in [0.3, 0.4) is 0 Å². The highest BCUT2D eigenvalue weighted by Crippen LogP contribution is 2.30. The molecule has 0 bridgehead atoms. The molecule has 0 spiro atoms. The van der Waals surface area contributed by atoms with Gasteiger partial charge in [0.25, 0.3) is 0 Å². The maximum atomic E-state index is 5.73. The van der Waals surface area contributed by atoms with Crippen LogP contribution < -0.4 is 5.73 Å². The molecule has 1 heteroatoms. The zero-order valence-corrected chi connectivity index (χ0v) is 11.0. The Morgan fingerprint density at radius 1 is 1.00 bits per heavy atom. The van der Waals surface area contributed by atoms with E-state index in [0.717, 1.165) is 18.4 Å². The average molecular weight is 231 g/mol. The van der Waals surface area contributed by atoms with E-state index in [9.17, 15) is 0 Å². The smallest absolute Gasteiger partial charge is 0.00489 e. The molecule has 2 rings (SSSR count). The molecule has 17 heavy (non-hydrogen) atoms. The lowest BCUT2D eigenvalue weighted by Crippen LogP contribution is -2.21. The second kappa shape index (κ2) is 6.20. The Bertz CT molecular complexity index is 320. The van der Waals surface area contributed by atoms with Crippen LogP contribution in [-0.4, -0.2) is 6.54 Å². The van der Waals surface area contributed by atoms with Crippen LogP contribution in [0.15, 0.2) is 24.3 Å². The number of aryl methyl sites for hydroxylation is 2. The van der Waals surface area contributed by atoms with Crippen molar-refractivity contribution in [2.45, 2.75) is 45.4 Å². The number of benzene rings is 1. The molecule has 1 aromatic rings. The van der Waals surface area contributed by atoms with Crippen molar-refractivity contribution in [3.8, 4) is 0 Å². The van der Waals surface area contributed by atoms with Gasteiger partial charge in [-0.1, -0.05) is 42.7 Å². The third-order valence-electron chi connectivity index (χ3n) is 4.26. The predicted molar refractivity (Wildman–Crippen MR) is 74.0 cm³/mol. The summed E-state index contributed by atoms with van der Waals surface area (Å²) in [6.45, 7) is 3.04. The summed E-state index contributed by atoms with van der Waals surface area (Å²) in [5.41, 5.74) is 8.58. The first-order valence-corrected chi connectivity index (χ1v) is 7.03. The van der Waals surface area contributed by atoms with Crippen molar-refractivity contribution < 1.29 is 0 Å². The fraction of sp³-hybridized carbons (Fsp3) is 0.625. The second-order valence-electron chi connectivity index (χ2n) is 5.65. The van der Waals surface area contributed by atoms with E-state index >= 15 is 0 Å². The summed E-state index contributed by atoms with van der Waals surface area (Å²) in [5.74, 6) is 1.75. The minimum absolute atomic E-state index is 0.811. The lowest BCUT2D eigenvalue weighted by atomic mass is 9.79. The van der Waals surface area contributed by atoms with Crippen molar-refractivity contribution in [1.29, 1.82) is 0 Å². The van der Waals surface area contributed by atoms with Gasteiger partial charge in [0.05, 0.1) is 0 Å². The predicted octanol–water partition coefficient (Wildman–Crippen LogP) is 3.69. The second-order valence-corrected chi connectivity index (χ2v) is 5.65. The van der Waals surface area contributed by atoms with Gasteiger partial charge in [-0.25, -0.2) is 0 Å². The summed E-state index contributed by atoms with van der Waals surface area (Å²) in [4.78, 5) is 0. The van der Waals surface area contributed by atoms with Crippen LogP contribution >= 0.6 is 0 Å². The highest BCUT2D eigenvalue weighted by molar-refractivity contribution is 5.21. The van der Waals surface area contributed by atoms with Gasteiger partial charge in [-0.15, -0.1) is 0 Å². The number of hydrogen-bond donors (Lipinski definition) is 1. The molecule has 1 aliphatic rings. The zero-order valence-electron chi connectivity index (χ0n) is 11.0. The van der Waals surface area contributed by atoms with Gasteiger partial charge in [-0.2, -0.15) is 0 Å². The first kappa shape index (κ1) is 12.6. The molecule has 0 saturated heterocycles. The van der Waals surface area contributed by atoms with Gasteiger partial charge in [0.2, 0.25) is 0 Å². The van der Waals surface area contributed by atoms with Gasteiger partial charge in [0.15, 0.2) is 0 Å². The minimum atomic E-state index is 0.811. The molecule has 1 saturated carbocycles. The van der Waals surface area contributed by atoms with Crippen LogP contribution in [0.4, 0.5) is 0 Å². The molecule has 1 fully saturated rings. The van der Waals surface area contributed by atoms with E-state index in [2.05, 4.69) is 31.2 Å². The van der Waals surface area contributed by atoms with Gasteiger partial charge in [0, 0.05) is 0 Å².